The number of aryl methyl sites for hydroxylation is 4. The Morgan fingerprint density at radius 1 is 1.12 bits per heavy atom. The maximum atomic E-state index is 12.2. The number of anilines is 1. The van der Waals surface area contributed by atoms with Gasteiger partial charge in [-0.3, -0.25) is 10.1 Å². The zero-order chi connectivity index (χ0) is 17.3. The number of oxazole rings is 1. The zero-order valence-corrected chi connectivity index (χ0v) is 14.3. The second-order valence-electron chi connectivity index (χ2n) is 6.07. The molecule has 0 saturated heterocycles. The van der Waals surface area contributed by atoms with Crippen LogP contribution in [0.2, 0.25) is 0 Å². The van der Waals surface area contributed by atoms with E-state index in [4.69, 9.17) is 8.83 Å². The van der Waals surface area contributed by atoms with Crippen LogP contribution in [0.25, 0.3) is 0 Å². The minimum atomic E-state index is -0.375. The Balaban J connectivity index is 1.75. The van der Waals surface area contributed by atoms with Gasteiger partial charge in [0.2, 0.25) is 0 Å². The third kappa shape index (κ3) is 3.40. The molecule has 0 aliphatic carbocycles. The van der Waals surface area contributed by atoms with Gasteiger partial charge < -0.3 is 8.83 Å². The van der Waals surface area contributed by atoms with E-state index in [1.807, 2.05) is 6.07 Å². The molecule has 0 aliphatic rings. The van der Waals surface area contributed by atoms with Crippen LogP contribution in [0.15, 0.2) is 39.4 Å². The first kappa shape index (κ1) is 16.1. The van der Waals surface area contributed by atoms with Crippen LogP contribution in [0.4, 0.5) is 6.01 Å². The Bertz CT molecular complexity index is 867. The molecule has 0 fully saturated rings. The lowest BCUT2D eigenvalue weighted by Gasteiger charge is -2.09. The Labute approximate surface area is 140 Å². The quantitative estimate of drug-likeness (QED) is 0.775. The fourth-order valence-corrected chi connectivity index (χ4v) is 2.83. The normalized spacial score (nSPS) is 10.8. The molecule has 124 valence electrons. The standard InChI is InChI=1S/C19H20N2O3/c1-11-7-12(2)16(13(3)8-11)9-15-5-6-17(24-15)18(22)21-19-20-14(4)10-23-19/h5-8,10H,9H2,1-4H3,(H,20,21,22). The Kier molecular flexibility index (Phi) is 4.25. The van der Waals surface area contributed by atoms with Crippen molar-refractivity contribution in [2.75, 3.05) is 5.32 Å². The SMILES string of the molecule is Cc1cc(C)c(Cc2ccc(C(=O)Nc3nc(C)co3)o2)c(C)c1. The van der Waals surface area contributed by atoms with Crippen molar-refractivity contribution in [1.29, 1.82) is 0 Å². The van der Waals surface area contributed by atoms with E-state index in [9.17, 15) is 4.79 Å². The van der Waals surface area contributed by atoms with Crippen molar-refractivity contribution in [3.63, 3.8) is 0 Å². The first-order valence-electron chi connectivity index (χ1n) is 7.81. The van der Waals surface area contributed by atoms with Crippen LogP contribution in [0.3, 0.4) is 0 Å². The Hall–Kier alpha value is -2.82. The maximum Gasteiger partial charge on any atom is 0.301 e. The second kappa shape index (κ2) is 6.35. The molecule has 1 aromatic carbocycles. The number of aromatic nitrogens is 1. The number of amides is 1. The molecule has 1 amide bonds. The van der Waals surface area contributed by atoms with E-state index in [1.54, 1.807) is 13.0 Å². The third-order valence-corrected chi connectivity index (χ3v) is 3.92. The molecule has 1 N–H and O–H groups in total. The van der Waals surface area contributed by atoms with Crippen molar-refractivity contribution >= 4 is 11.9 Å². The van der Waals surface area contributed by atoms with Crippen molar-refractivity contribution in [2.45, 2.75) is 34.1 Å². The number of hydrogen-bond donors (Lipinski definition) is 1. The largest absolute Gasteiger partial charge is 0.456 e. The number of carbonyl (C=O) groups excluding carboxylic acids is 1. The van der Waals surface area contributed by atoms with Crippen LogP contribution in [-0.4, -0.2) is 10.9 Å². The zero-order valence-electron chi connectivity index (χ0n) is 14.3. The molecule has 2 heterocycles. The molecule has 0 atom stereocenters. The topological polar surface area (TPSA) is 68.3 Å². The number of carbonyl (C=O) groups is 1. The van der Waals surface area contributed by atoms with Crippen LogP contribution in [-0.2, 0) is 6.42 Å². The Morgan fingerprint density at radius 3 is 2.46 bits per heavy atom. The van der Waals surface area contributed by atoms with Gasteiger partial charge >= 0.3 is 6.01 Å². The van der Waals surface area contributed by atoms with Gasteiger partial charge in [-0.1, -0.05) is 17.7 Å². The number of benzene rings is 1. The van der Waals surface area contributed by atoms with Gasteiger partial charge in [-0.2, -0.15) is 4.98 Å². The summed E-state index contributed by atoms with van der Waals surface area (Å²) in [5.74, 6) is 0.613. The molecule has 24 heavy (non-hydrogen) atoms. The highest BCUT2D eigenvalue weighted by Gasteiger charge is 2.15. The average molecular weight is 324 g/mol. The van der Waals surface area contributed by atoms with Gasteiger partial charge in [-0.15, -0.1) is 0 Å². The van der Waals surface area contributed by atoms with Gasteiger partial charge in [0.15, 0.2) is 5.76 Å². The predicted octanol–water partition coefficient (Wildman–Crippen LogP) is 4.34. The summed E-state index contributed by atoms with van der Waals surface area (Å²) in [6.07, 6.45) is 2.13. The van der Waals surface area contributed by atoms with E-state index in [2.05, 4.69) is 43.2 Å². The second-order valence-corrected chi connectivity index (χ2v) is 6.07. The number of furan rings is 1. The maximum absolute atomic E-state index is 12.2. The van der Waals surface area contributed by atoms with Gasteiger partial charge in [0, 0.05) is 6.42 Å². The summed E-state index contributed by atoms with van der Waals surface area (Å²) in [5, 5.41) is 2.58. The van der Waals surface area contributed by atoms with Gasteiger partial charge in [0.1, 0.15) is 12.0 Å². The molecular formula is C19H20N2O3. The predicted molar refractivity (Wildman–Crippen MR) is 91.4 cm³/mol. The summed E-state index contributed by atoms with van der Waals surface area (Å²) in [7, 11) is 0. The molecule has 0 spiro atoms. The van der Waals surface area contributed by atoms with Crippen LogP contribution < -0.4 is 5.32 Å². The van der Waals surface area contributed by atoms with E-state index in [0.717, 1.165) is 5.76 Å². The molecule has 5 heteroatoms. The van der Waals surface area contributed by atoms with Gasteiger partial charge in [0.25, 0.3) is 5.91 Å². The van der Waals surface area contributed by atoms with Crippen molar-refractivity contribution in [3.8, 4) is 0 Å². The number of rotatable bonds is 4. The lowest BCUT2D eigenvalue weighted by Crippen LogP contribution is -2.11. The summed E-state index contributed by atoms with van der Waals surface area (Å²) in [6.45, 7) is 8.06. The summed E-state index contributed by atoms with van der Waals surface area (Å²) in [6, 6.07) is 7.97. The van der Waals surface area contributed by atoms with E-state index in [1.165, 1.54) is 28.5 Å². The summed E-state index contributed by atoms with van der Waals surface area (Å²) in [4.78, 5) is 16.2. The van der Waals surface area contributed by atoms with E-state index >= 15 is 0 Å². The monoisotopic (exact) mass is 324 g/mol. The van der Waals surface area contributed by atoms with Crippen LogP contribution in [0, 0.1) is 27.7 Å². The highest BCUT2D eigenvalue weighted by Crippen LogP contribution is 2.21. The molecule has 0 unspecified atom stereocenters. The van der Waals surface area contributed by atoms with Crippen molar-refractivity contribution in [3.05, 3.63) is 70.0 Å². The summed E-state index contributed by atoms with van der Waals surface area (Å²) < 4.78 is 10.8. The van der Waals surface area contributed by atoms with E-state index < -0.39 is 0 Å². The van der Waals surface area contributed by atoms with Gasteiger partial charge in [0.05, 0.1) is 5.69 Å². The highest BCUT2D eigenvalue weighted by molar-refractivity contribution is 6.01. The van der Waals surface area contributed by atoms with E-state index in [-0.39, 0.29) is 17.7 Å². The first-order chi connectivity index (χ1) is 11.4. The first-order valence-corrected chi connectivity index (χ1v) is 7.81. The lowest BCUT2D eigenvalue weighted by molar-refractivity contribution is 0.0992. The molecule has 2 aromatic heterocycles. The molecular weight excluding hydrogens is 304 g/mol. The van der Waals surface area contributed by atoms with Crippen LogP contribution >= 0.6 is 0 Å². The highest BCUT2D eigenvalue weighted by atomic mass is 16.4. The summed E-state index contributed by atoms with van der Waals surface area (Å²) >= 11 is 0. The van der Waals surface area contributed by atoms with Crippen molar-refractivity contribution in [1.82, 2.24) is 4.98 Å². The van der Waals surface area contributed by atoms with Crippen molar-refractivity contribution < 1.29 is 13.6 Å². The van der Waals surface area contributed by atoms with Crippen LogP contribution in [0.5, 0.6) is 0 Å². The molecule has 0 saturated carbocycles. The molecule has 0 radical (unpaired) electrons. The number of hydrogen-bond acceptors (Lipinski definition) is 4. The smallest absolute Gasteiger partial charge is 0.301 e. The number of nitrogens with zero attached hydrogens (tertiary/aromatic N) is 1. The third-order valence-electron chi connectivity index (χ3n) is 3.92. The molecule has 5 nitrogen and oxygen atoms in total. The van der Waals surface area contributed by atoms with E-state index in [0.29, 0.717) is 12.1 Å². The van der Waals surface area contributed by atoms with Gasteiger partial charge in [-0.05, 0) is 56.5 Å². The fraction of sp³-hybridized carbons (Fsp3) is 0.263. The molecule has 0 bridgehead atoms. The van der Waals surface area contributed by atoms with Crippen LogP contribution in [0.1, 0.15) is 44.3 Å². The minimum absolute atomic E-state index is 0.167. The molecule has 0 aliphatic heterocycles. The molecule has 3 aromatic rings. The molecule has 3 rings (SSSR count). The minimum Gasteiger partial charge on any atom is -0.456 e. The lowest BCUT2D eigenvalue weighted by atomic mass is 9.97. The fourth-order valence-electron chi connectivity index (χ4n) is 2.83. The number of nitrogens with one attached hydrogen (secondary N) is 1. The summed E-state index contributed by atoms with van der Waals surface area (Å²) in [5.41, 5.74) is 5.63. The average Bonchev–Trinajstić information content (AvgIpc) is 3.12. The Morgan fingerprint density at radius 2 is 1.83 bits per heavy atom. The van der Waals surface area contributed by atoms with Crippen molar-refractivity contribution in [2.24, 2.45) is 0 Å². The van der Waals surface area contributed by atoms with Gasteiger partial charge in [-0.25, -0.2) is 0 Å².